The molecule has 0 aliphatic carbocycles. The normalized spacial score (nSPS) is 16.4. The molecule has 0 saturated carbocycles. The number of aromatic nitrogens is 1. The van der Waals surface area contributed by atoms with E-state index in [-0.39, 0.29) is 11.9 Å². The van der Waals surface area contributed by atoms with Gasteiger partial charge in [-0.15, -0.1) is 22.7 Å². The van der Waals surface area contributed by atoms with Crippen LogP contribution in [-0.4, -0.2) is 28.5 Å². The zero-order chi connectivity index (χ0) is 20.5. The molecule has 150 valence electrons. The fourth-order valence-electron chi connectivity index (χ4n) is 4.02. The van der Waals surface area contributed by atoms with Crippen LogP contribution in [0.15, 0.2) is 29.0 Å². The number of anilines is 1. The maximum atomic E-state index is 12.9. The van der Waals surface area contributed by atoms with Gasteiger partial charge in [0.1, 0.15) is 11.9 Å². The zero-order valence-electron chi connectivity index (χ0n) is 16.9. The van der Waals surface area contributed by atoms with Gasteiger partial charge in [-0.2, -0.15) is 5.26 Å². The van der Waals surface area contributed by atoms with E-state index in [1.807, 2.05) is 29.9 Å². The zero-order valence-corrected chi connectivity index (χ0v) is 18.5. The highest BCUT2D eigenvalue weighted by atomic mass is 32.1. The van der Waals surface area contributed by atoms with E-state index in [0.717, 1.165) is 24.2 Å². The molecule has 0 aromatic carbocycles. The summed E-state index contributed by atoms with van der Waals surface area (Å²) in [5.74, 6) is 0.541. The Morgan fingerprint density at radius 1 is 1.31 bits per heavy atom. The maximum Gasteiger partial charge on any atom is 0.239 e. The number of thiophene rings is 2. The molecule has 0 bridgehead atoms. The summed E-state index contributed by atoms with van der Waals surface area (Å²) < 4.78 is 2.05. The smallest absolute Gasteiger partial charge is 0.239 e. The van der Waals surface area contributed by atoms with Crippen molar-refractivity contribution in [2.45, 2.75) is 39.8 Å². The largest absolute Gasteiger partial charge is 0.325 e. The van der Waals surface area contributed by atoms with E-state index >= 15 is 0 Å². The third-order valence-electron chi connectivity index (χ3n) is 5.84. The molecule has 1 amide bonds. The summed E-state index contributed by atoms with van der Waals surface area (Å²) in [6, 6.07) is 8.78. The maximum absolute atomic E-state index is 12.9. The standard InChI is InChI=1S/C22H24N4OS2/c1-14-15(2)26(12-17-5-4-9-28-17)22(19(14)11-23)24-21(27)13-25-8-6-20-18(16(25)3)7-10-29-20/h4-5,7,9-10,16H,6,8,12-13H2,1-3H3,(H,24,27)/t16-/m1/s1. The van der Waals surface area contributed by atoms with Gasteiger partial charge >= 0.3 is 0 Å². The molecular weight excluding hydrogens is 400 g/mol. The number of nitrogens with one attached hydrogen (secondary N) is 1. The molecule has 4 rings (SSSR count). The molecular formula is C22H24N4OS2. The van der Waals surface area contributed by atoms with Crippen LogP contribution in [0.2, 0.25) is 0 Å². The quantitative estimate of drug-likeness (QED) is 0.645. The summed E-state index contributed by atoms with van der Waals surface area (Å²) in [5.41, 5.74) is 3.83. The summed E-state index contributed by atoms with van der Waals surface area (Å²) in [5, 5.41) is 16.9. The Kier molecular flexibility index (Phi) is 5.59. The van der Waals surface area contributed by atoms with Crippen LogP contribution in [-0.2, 0) is 17.8 Å². The summed E-state index contributed by atoms with van der Waals surface area (Å²) >= 11 is 3.48. The predicted octanol–water partition coefficient (Wildman–Crippen LogP) is 4.71. The molecule has 0 spiro atoms. The Hall–Kier alpha value is -2.40. The number of rotatable bonds is 5. The van der Waals surface area contributed by atoms with Gasteiger partial charge in [0.25, 0.3) is 0 Å². The van der Waals surface area contributed by atoms with Crippen LogP contribution < -0.4 is 5.32 Å². The van der Waals surface area contributed by atoms with Gasteiger partial charge in [0.05, 0.1) is 18.7 Å². The molecule has 7 heteroatoms. The average molecular weight is 425 g/mol. The minimum absolute atomic E-state index is 0.0723. The van der Waals surface area contributed by atoms with Crippen molar-refractivity contribution in [3.63, 3.8) is 0 Å². The van der Waals surface area contributed by atoms with Gasteiger partial charge in [-0.05, 0) is 61.2 Å². The van der Waals surface area contributed by atoms with Gasteiger partial charge in [-0.25, -0.2) is 0 Å². The minimum atomic E-state index is -0.0723. The first-order chi connectivity index (χ1) is 14.0. The molecule has 29 heavy (non-hydrogen) atoms. The van der Waals surface area contributed by atoms with Crippen LogP contribution in [0.1, 0.15) is 45.1 Å². The first kappa shape index (κ1) is 19.9. The van der Waals surface area contributed by atoms with Crippen molar-refractivity contribution >= 4 is 34.4 Å². The third kappa shape index (κ3) is 3.76. The predicted molar refractivity (Wildman–Crippen MR) is 119 cm³/mol. The molecule has 0 radical (unpaired) electrons. The van der Waals surface area contributed by atoms with Gasteiger partial charge in [0, 0.05) is 28.0 Å². The Labute approximate surface area is 179 Å². The molecule has 4 heterocycles. The molecule has 3 aromatic heterocycles. The molecule has 5 nitrogen and oxygen atoms in total. The number of carbonyl (C=O) groups excluding carboxylic acids is 1. The van der Waals surface area contributed by atoms with Gasteiger partial charge in [-0.1, -0.05) is 6.07 Å². The third-order valence-corrected chi connectivity index (χ3v) is 7.70. The molecule has 0 saturated heterocycles. The van der Waals surface area contributed by atoms with Crippen LogP contribution >= 0.6 is 22.7 Å². The van der Waals surface area contributed by atoms with Gasteiger partial charge in [0.15, 0.2) is 0 Å². The lowest BCUT2D eigenvalue weighted by atomic mass is 10.0. The van der Waals surface area contributed by atoms with Gasteiger partial charge in [0.2, 0.25) is 5.91 Å². The number of carbonyl (C=O) groups is 1. The number of fused-ring (bicyclic) bond motifs is 1. The highest BCUT2D eigenvalue weighted by Crippen LogP contribution is 2.33. The van der Waals surface area contributed by atoms with Crippen molar-refractivity contribution in [2.75, 3.05) is 18.4 Å². The highest BCUT2D eigenvalue weighted by Gasteiger charge is 2.27. The minimum Gasteiger partial charge on any atom is -0.325 e. The van der Waals surface area contributed by atoms with E-state index in [1.165, 1.54) is 15.3 Å². The molecule has 1 N–H and O–H groups in total. The van der Waals surface area contributed by atoms with Crippen molar-refractivity contribution in [3.8, 4) is 6.07 Å². The van der Waals surface area contributed by atoms with Crippen molar-refractivity contribution in [3.05, 3.63) is 61.1 Å². The topological polar surface area (TPSA) is 61.1 Å². The first-order valence-corrected chi connectivity index (χ1v) is 11.5. The lowest BCUT2D eigenvalue weighted by molar-refractivity contribution is -0.118. The SMILES string of the molecule is Cc1c(C#N)c(NC(=O)CN2CCc3sccc3[C@H]2C)n(Cc2cccs2)c1C. The molecule has 0 fully saturated rings. The monoisotopic (exact) mass is 424 g/mol. The van der Waals surface area contributed by atoms with Crippen molar-refractivity contribution in [2.24, 2.45) is 0 Å². The van der Waals surface area contributed by atoms with E-state index in [2.05, 4.69) is 40.7 Å². The number of hydrogen-bond donors (Lipinski definition) is 1. The molecule has 0 unspecified atom stereocenters. The summed E-state index contributed by atoms with van der Waals surface area (Å²) in [6.45, 7) is 7.96. The summed E-state index contributed by atoms with van der Waals surface area (Å²) in [6.07, 6.45) is 0.987. The number of amides is 1. The van der Waals surface area contributed by atoms with E-state index in [0.29, 0.717) is 24.5 Å². The second kappa shape index (κ2) is 8.15. The fourth-order valence-corrected chi connectivity index (χ4v) is 5.68. The van der Waals surface area contributed by atoms with E-state index in [4.69, 9.17) is 0 Å². The molecule has 1 atom stereocenters. The van der Waals surface area contributed by atoms with Crippen molar-refractivity contribution in [1.29, 1.82) is 5.26 Å². The van der Waals surface area contributed by atoms with Gasteiger partial charge < -0.3 is 9.88 Å². The summed E-state index contributed by atoms with van der Waals surface area (Å²) in [7, 11) is 0. The number of nitrogens with zero attached hydrogens (tertiary/aromatic N) is 3. The second-order valence-corrected chi connectivity index (χ2v) is 9.49. The lowest BCUT2D eigenvalue weighted by Gasteiger charge is -2.33. The Bertz CT molecular complexity index is 1070. The average Bonchev–Trinajstić information content (AvgIpc) is 3.42. The van der Waals surface area contributed by atoms with Crippen LogP contribution in [0.25, 0.3) is 0 Å². The van der Waals surface area contributed by atoms with Crippen LogP contribution in [0.5, 0.6) is 0 Å². The highest BCUT2D eigenvalue weighted by molar-refractivity contribution is 7.10. The van der Waals surface area contributed by atoms with E-state index in [1.54, 1.807) is 22.7 Å². The fraction of sp³-hybridized carbons (Fsp3) is 0.364. The summed E-state index contributed by atoms with van der Waals surface area (Å²) in [4.78, 5) is 17.8. The van der Waals surface area contributed by atoms with E-state index < -0.39 is 0 Å². The van der Waals surface area contributed by atoms with Crippen LogP contribution in [0.3, 0.4) is 0 Å². The van der Waals surface area contributed by atoms with Crippen LogP contribution in [0, 0.1) is 25.2 Å². The first-order valence-electron chi connectivity index (χ1n) is 9.72. The molecule has 1 aliphatic rings. The molecule has 3 aromatic rings. The molecule has 1 aliphatic heterocycles. The Morgan fingerprint density at radius 3 is 2.86 bits per heavy atom. The Balaban J connectivity index is 1.55. The second-order valence-electron chi connectivity index (χ2n) is 7.46. The van der Waals surface area contributed by atoms with Gasteiger partial charge in [-0.3, -0.25) is 9.69 Å². The van der Waals surface area contributed by atoms with Crippen LogP contribution in [0.4, 0.5) is 5.82 Å². The van der Waals surface area contributed by atoms with Crippen molar-refractivity contribution < 1.29 is 4.79 Å². The van der Waals surface area contributed by atoms with Crippen molar-refractivity contribution in [1.82, 2.24) is 9.47 Å². The Morgan fingerprint density at radius 2 is 2.14 bits per heavy atom. The lowest BCUT2D eigenvalue weighted by Crippen LogP contribution is -2.39. The number of hydrogen-bond acceptors (Lipinski definition) is 5. The van der Waals surface area contributed by atoms with E-state index in [9.17, 15) is 10.1 Å². The number of nitriles is 1.